The fraction of sp³-hybridized carbons (Fsp3) is 0.250. The van der Waals surface area contributed by atoms with Gasteiger partial charge in [0.05, 0.1) is 12.0 Å². The van der Waals surface area contributed by atoms with Crippen LogP contribution in [0.1, 0.15) is 5.56 Å². The molecule has 0 fully saturated rings. The Morgan fingerprint density at radius 2 is 2.32 bits per heavy atom. The molecule has 2 N–H and O–H groups in total. The maximum Gasteiger partial charge on any atom is 0.311 e. The quantitative estimate of drug-likeness (QED) is 0.373. The van der Waals surface area contributed by atoms with Crippen molar-refractivity contribution in [3.8, 4) is 5.75 Å². The van der Waals surface area contributed by atoms with E-state index in [1.807, 2.05) is 0 Å². The van der Waals surface area contributed by atoms with Gasteiger partial charge in [-0.15, -0.1) is 6.58 Å². The maximum atomic E-state index is 10.9. The molecule has 0 unspecified atom stereocenters. The Balaban J connectivity index is 2.99. The first-order valence-corrected chi connectivity index (χ1v) is 5.89. The smallest absolute Gasteiger partial charge is 0.311 e. The van der Waals surface area contributed by atoms with Crippen molar-refractivity contribution in [1.82, 2.24) is 5.32 Å². The Bertz CT molecular complexity index is 517. The number of rotatable bonds is 5. The number of ether oxygens (including phenoxy) is 1. The molecule has 19 heavy (non-hydrogen) atoms. The second-order valence-electron chi connectivity index (χ2n) is 3.72. The Morgan fingerprint density at radius 3 is 2.84 bits per heavy atom. The Morgan fingerprint density at radius 1 is 1.63 bits per heavy atom. The number of thiocarbonyl (C=S) groups is 1. The summed E-state index contributed by atoms with van der Waals surface area (Å²) in [7, 11) is 1.38. The third-order valence-electron chi connectivity index (χ3n) is 2.38. The van der Waals surface area contributed by atoms with E-state index in [2.05, 4.69) is 17.2 Å². The summed E-state index contributed by atoms with van der Waals surface area (Å²) in [6.45, 7) is 5.86. The number of nitrogens with zero attached hydrogens (tertiary/aromatic N) is 1. The van der Waals surface area contributed by atoms with Gasteiger partial charge in [-0.05, 0) is 24.7 Å². The molecule has 0 bridgehead atoms. The standard InChI is InChI=1S/C12H15N3O3S/c1-4-5-13-12(19)14-9-7-11(18-3)10(15(16)17)6-8(9)2/h4,6-7H,1,5H2,2-3H3,(H2,13,14,19). The normalized spacial score (nSPS) is 9.58. The number of aryl methyl sites for hydroxylation is 1. The van der Waals surface area contributed by atoms with E-state index < -0.39 is 4.92 Å². The molecule has 6 nitrogen and oxygen atoms in total. The molecular weight excluding hydrogens is 266 g/mol. The number of nitro benzene ring substituents is 1. The third-order valence-corrected chi connectivity index (χ3v) is 2.62. The van der Waals surface area contributed by atoms with Crippen LogP contribution in [0.5, 0.6) is 5.75 Å². The fourth-order valence-corrected chi connectivity index (χ4v) is 1.64. The Kier molecular flexibility index (Phi) is 5.25. The highest BCUT2D eigenvalue weighted by molar-refractivity contribution is 7.80. The van der Waals surface area contributed by atoms with E-state index in [-0.39, 0.29) is 11.4 Å². The summed E-state index contributed by atoms with van der Waals surface area (Å²) in [5.41, 5.74) is 1.29. The number of anilines is 1. The molecule has 0 aliphatic carbocycles. The molecule has 0 spiro atoms. The van der Waals surface area contributed by atoms with Crippen molar-refractivity contribution >= 4 is 28.7 Å². The molecular formula is C12H15N3O3S. The predicted molar refractivity (Wildman–Crippen MR) is 78.8 cm³/mol. The van der Waals surface area contributed by atoms with Gasteiger partial charge in [0.25, 0.3) is 0 Å². The fourth-order valence-electron chi connectivity index (χ4n) is 1.45. The van der Waals surface area contributed by atoms with Gasteiger partial charge in [-0.1, -0.05) is 6.08 Å². The minimum atomic E-state index is -0.482. The number of nitro groups is 1. The first kappa shape index (κ1) is 14.9. The molecule has 0 heterocycles. The van der Waals surface area contributed by atoms with Crippen LogP contribution in [0.4, 0.5) is 11.4 Å². The molecule has 1 aromatic carbocycles. The van der Waals surface area contributed by atoms with Crippen molar-refractivity contribution in [2.24, 2.45) is 0 Å². The van der Waals surface area contributed by atoms with E-state index in [9.17, 15) is 10.1 Å². The largest absolute Gasteiger partial charge is 0.490 e. The first-order valence-electron chi connectivity index (χ1n) is 5.48. The summed E-state index contributed by atoms with van der Waals surface area (Å²) in [6.07, 6.45) is 1.68. The van der Waals surface area contributed by atoms with Gasteiger partial charge in [-0.2, -0.15) is 0 Å². The lowest BCUT2D eigenvalue weighted by Crippen LogP contribution is -2.28. The van der Waals surface area contributed by atoms with Crippen LogP contribution < -0.4 is 15.4 Å². The third kappa shape index (κ3) is 3.92. The molecule has 0 radical (unpaired) electrons. The van der Waals surface area contributed by atoms with Crippen molar-refractivity contribution in [3.05, 3.63) is 40.5 Å². The van der Waals surface area contributed by atoms with Crippen molar-refractivity contribution in [2.75, 3.05) is 19.0 Å². The molecule has 0 aliphatic rings. The second kappa shape index (κ2) is 6.69. The summed E-state index contributed by atoms with van der Waals surface area (Å²) >= 11 is 5.08. The molecule has 102 valence electrons. The van der Waals surface area contributed by atoms with Crippen LogP contribution >= 0.6 is 12.2 Å². The van der Waals surface area contributed by atoms with Gasteiger partial charge in [-0.25, -0.2) is 0 Å². The lowest BCUT2D eigenvalue weighted by Gasteiger charge is -2.13. The molecule has 1 aromatic rings. The topological polar surface area (TPSA) is 76.4 Å². The molecule has 0 aliphatic heterocycles. The van der Waals surface area contributed by atoms with E-state index in [0.717, 1.165) is 0 Å². The van der Waals surface area contributed by atoms with Gasteiger partial charge in [0.2, 0.25) is 0 Å². The zero-order chi connectivity index (χ0) is 14.4. The average molecular weight is 281 g/mol. The highest BCUT2D eigenvalue weighted by Crippen LogP contribution is 2.32. The maximum absolute atomic E-state index is 10.9. The van der Waals surface area contributed by atoms with E-state index in [1.54, 1.807) is 19.1 Å². The number of nitrogens with one attached hydrogen (secondary N) is 2. The molecule has 7 heteroatoms. The molecule has 0 atom stereocenters. The molecule has 0 saturated carbocycles. The van der Waals surface area contributed by atoms with Crippen LogP contribution in [0.15, 0.2) is 24.8 Å². The van der Waals surface area contributed by atoms with Crippen LogP contribution in [0.2, 0.25) is 0 Å². The summed E-state index contributed by atoms with van der Waals surface area (Å²) < 4.78 is 5.00. The van der Waals surface area contributed by atoms with E-state index in [4.69, 9.17) is 17.0 Å². The first-order chi connectivity index (χ1) is 8.99. The zero-order valence-electron chi connectivity index (χ0n) is 10.7. The van der Waals surface area contributed by atoms with Crippen molar-refractivity contribution in [1.29, 1.82) is 0 Å². The van der Waals surface area contributed by atoms with Gasteiger partial charge in [-0.3, -0.25) is 10.1 Å². The van der Waals surface area contributed by atoms with Crippen LogP contribution in [0.3, 0.4) is 0 Å². The van der Waals surface area contributed by atoms with Crippen LogP contribution in [-0.4, -0.2) is 23.7 Å². The van der Waals surface area contributed by atoms with Crippen LogP contribution in [0.25, 0.3) is 0 Å². The van der Waals surface area contributed by atoms with Gasteiger partial charge in [0, 0.05) is 24.4 Å². The summed E-state index contributed by atoms with van der Waals surface area (Å²) in [5, 5.41) is 17.1. The second-order valence-corrected chi connectivity index (χ2v) is 4.13. The highest BCUT2D eigenvalue weighted by atomic mass is 32.1. The molecule has 0 saturated heterocycles. The lowest BCUT2D eigenvalue weighted by atomic mass is 10.1. The molecule has 1 rings (SSSR count). The van der Waals surface area contributed by atoms with Crippen LogP contribution in [0, 0.1) is 17.0 Å². The van der Waals surface area contributed by atoms with E-state index in [0.29, 0.717) is 22.9 Å². The van der Waals surface area contributed by atoms with Gasteiger partial charge < -0.3 is 15.4 Å². The Labute approximate surface area is 116 Å². The monoisotopic (exact) mass is 281 g/mol. The molecule has 0 amide bonds. The van der Waals surface area contributed by atoms with Gasteiger partial charge >= 0.3 is 5.69 Å². The lowest BCUT2D eigenvalue weighted by molar-refractivity contribution is -0.385. The minimum absolute atomic E-state index is 0.0736. The van der Waals surface area contributed by atoms with Crippen molar-refractivity contribution < 1.29 is 9.66 Å². The SMILES string of the molecule is C=CCNC(=S)Nc1cc(OC)c([N+](=O)[O-])cc1C. The van der Waals surface area contributed by atoms with Gasteiger partial charge in [0.1, 0.15) is 0 Å². The van der Waals surface area contributed by atoms with Crippen molar-refractivity contribution in [3.63, 3.8) is 0 Å². The average Bonchev–Trinajstić information content (AvgIpc) is 2.38. The minimum Gasteiger partial charge on any atom is -0.490 e. The van der Waals surface area contributed by atoms with Crippen LogP contribution in [-0.2, 0) is 0 Å². The number of hydrogen-bond donors (Lipinski definition) is 2. The molecule has 0 aromatic heterocycles. The zero-order valence-corrected chi connectivity index (χ0v) is 11.5. The van der Waals surface area contributed by atoms with E-state index in [1.165, 1.54) is 13.2 Å². The highest BCUT2D eigenvalue weighted by Gasteiger charge is 2.17. The number of methoxy groups -OCH3 is 1. The predicted octanol–water partition coefficient (Wildman–Crippen LogP) is 2.38. The van der Waals surface area contributed by atoms with E-state index >= 15 is 0 Å². The summed E-state index contributed by atoms with van der Waals surface area (Å²) in [6, 6.07) is 2.99. The van der Waals surface area contributed by atoms with Crippen molar-refractivity contribution in [2.45, 2.75) is 6.92 Å². The summed E-state index contributed by atoms with van der Waals surface area (Å²) in [5.74, 6) is 0.185. The summed E-state index contributed by atoms with van der Waals surface area (Å²) in [4.78, 5) is 10.4. The number of hydrogen-bond acceptors (Lipinski definition) is 4. The number of benzene rings is 1. The Hall–Kier alpha value is -2.15. The van der Waals surface area contributed by atoms with Gasteiger partial charge in [0.15, 0.2) is 10.9 Å².